The summed E-state index contributed by atoms with van der Waals surface area (Å²) in [5.41, 5.74) is 2.28. The van der Waals surface area contributed by atoms with Crippen LogP contribution in [0.4, 0.5) is 0 Å². The maximum absolute atomic E-state index is 11.5. The summed E-state index contributed by atoms with van der Waals surface area (Å²) < 4.78 is 12.2. The van der Waals surface area contributed by atoms with E-state index in [1.165, 1.54) is 11.3 Å². The Hall–Kier alpha value is -2.54. The van der Waals surface area contributed by atoms with E-state index in [9.17, 15) is 9.90 Å². The number of ether oxygens (including phenoxy) is 2. The van der Waals surface area contributed by atoms with Crippen LogP contribution in [-0.2, 0) is 0 Å². The van der Waals surface area contributed by atoms with Crippen LogP contribution in [0, 0.1) is 6.92 Å². The third kappa shape index (κ3) is 2.10. The van der Waals surface area contributed by atoms with Gasteiger partial charge in [0, 0.05) is 10.9 Å². The van der Waals surface area contributed by atoms with Gasteiger partial charge in [-0.05, 0) is 25.1 Å². The summed E-state index contributed by atoms with van der Waals surface area (Å²) >= 11 is 1.40. The second-order valence-electron chi connectivity index (χ2n) is 4.66. The van der Waals surface area contributed by atoms with Crippen molar-refractivity contribution < 1.29 is 19.4 Å². The molecule has 7 heteroatoms. The van der Waals surface area contributed by atoms with Crippen molar-refractivity contribution >= 4 is 22.3 Å². The smallest absolute Gasteiger partial charge is 0.354 e. The number of rotatable bonds is 4. The first-order chi connectivity index (χ1) is 10.6. The van der Waals surface area contributed by atoms with Gasteiger partial charge in [0.15, 0.2) is 22.2 Å². The molecule has 2 aromatic heterocycles. The molecule has 0 saturated carbocycles. The maximum atomic E-state index is 11.5. The van der Waals surface area contributed by atoms with Gasteiger partial charge in [-0.25, -0.2) is 9.78 Å². The molecule has 0 unspecified atom stereocenters. The number of fused-ring (bicyclic) bond motifs is 1. The second-order valence-corrected chi connectivity index (χ2v) is 5.50. The molecule has 1 N–H and O–H groups in total. The van der Waals surface area contributed by atoms with Crippen molar-refractivity contribution in [3.8, 4) is 22.8 Å². The molecule has 0 aliphatic carbocycles. The van der Waals surface area contributed by atoms with Crippen molar-refractivity contribution in [3.63, 3.8) is 0 Å². The van der Waals surface area contributed by atoms with Gasteiger partial charge >= 0.3 is 5.97 Å². The van der Waals surface area contributed by atoms with Crippen LogP contribution in [0.3, 0.4) is 0 Å². The molecule has 2 heterocycles. The summed E-state index contributed by atoms with van der Waals surface area (Å²) in [6.07, 6.45) is 0. The van der Waals surface area contributed by atoms with E-state index in [1.54, 1.807) is 31.6 Å². The Bertz CT molecular complexity index is 866. The van der Waals surface area contributed by atoms with E-state index in [-0.39, 0.29) is 5.69 Å². The largest absolute Gasteiger partial charge is 0.493 e. The molecule has 0 radical (unpaired) electrons. The molecule has 0 aliphatic heterocycles. The maximum Gasteiger partial charge on any atom is 0.354 e. The number of hydrogen-bond acceptors (Lipinski definition) is 5. The number of carboxylic acids is 1. The van der Waals surface area contributed by atoms with Gasteiger partial charge in [0.05, 0.1) is 25.6 Å². The Balaban J connectivity index is 2.24. The van der Waals surface area contributed by atoms with E-state index < -0.39 is 5.97 Å². The number of imidazole rings is 1. The third-order valence-corrected chi connectivity index (χ3v) is 4.25. The Morgan fingerprint density at radius 3 is 2.64 bits per heavy atom. The number of aromatic carboxylic acids is 1. The van der Waals surface area contributed by atoms with Gasteiger partial charge < -0.3 is 14.6 Å². The molecule has 1 aromatic carbocycles. The molecule has 3 rings (SSSR count). The quantitative estimate of drug-likeness (QED) is 0.800. The number of benzene rings is 1. The van der Waals surface area contributed by atoms with E-state index in [4.69, 9.17) is 9.47 Å². The first-order valence-corrected chi connectivity index (χ1v) is 7.37. The van der Waals surface area contributed by atoms with Crippen LogP contribution in [0.5, 0.6) is 11.5 Å². The number of carbonyl (C=O) groups is 1. The minimum Gasteiger partial charge on any atom is -0.493 e. The van der Waals surface area contributed by atoms with Crippen molar-refractivity contribution in [1.29, 1.82) is 0 Å². The lowest BCUT2D eigenvalue weighted by Gasteiger charge is -2.09. The summed E-state index contributed by atoms with van der Waals surface area (Å²) in [5, 5.41) is 11.3. The molecular weight excluding hydrogens is 304 g/mol. The van der Waals surface area contributed by atoms with Crippen molar-refractivity contribution in [2.24, 2.45) is 0 Å². The third-order valence-electron chi connectivity index (χ3n) is 3.42. The molecule has 22 heavy (non-hydrogen) atoms. The van der Waals surface area contributed by atoms with Gasteiger partial charge in [-0.2, -0.15) is 0 Å². The molecule has 0 atom stereocenters. The highest BCUT2D eigenvalue weighted by Gasteiger charge is 2.20. The Morgan fingerprint density at radius 1 is 1.27 bits per heavy atom. The first kappa shape index (κ1) is 14.4. The lowest BCUT2D eigenvalue weighted by molar-refractivity contribution is 0.0688. The van der Waals surface area contributed by atoms with Gasteiger partial charge in [-0.15, -0.1) is 11.3 Å². The van der Waals surface area contributed by atoms with Crippen LogP contribution in [0.2, 0.25) is 0 Å². The van der Waals surface area contributed by atoms with Gasteiger partial charge in [0.1, 0.15) is 0 Å². The highest BCUT2D eigenvalue weighted by molar-refractivity contribution is 7.15. The second kappa shape index (κ2) is 5.34. The minimum absolute atomic E-state index is 0.182. The van der Waals surface area contributed by atoms with E-state index in [0.717, 1.165) is 11.3 Å². The lowest BCUT2D eigenvalue weighted by atomic mass is 10.1. The van der Waals surface area contributed by atoms with Crippen LogP contribution in [-0.4, -0.2) is 34.7 Å². The lowest BCUT2D eigenvalue weighted by Crippen LogP contribution is -2.04. The molecule has 0 spiro atoms. The summed E-state index contributed by atoms with van der Waals surface area (Å²) in [6, 6.07) is 5.48. The topological polar surface area (TPSA) is 73.1 Å². The Morgan fingerprint density at radius 2 is 2.00 bits per heavy atom. The Kier molecular flexibility index (Phi) is 3.50. The molecule has 0 saturated heterocycles. The Labute approximate surface area is 130 Å². The van der Waals surface area contributed by atoms with Crippen LogP contribution < -0.4 is 9.47 Å². The fourth-order valence-corrected chi connectivity index (χ4v) is 3.35. The van der Waals surface area contributed by atoms with E-state index in [2.05, 4.69) is 4.98 Å². The van der Waals surface area contributed by atoms with Gasteiger partial charge in [0.2, 0.25) is 0 Å². The molecular formula is C15H14N2O4S. The summed E-state index contributed by atoms with van der Waals surface area (Å²) in [6.45, 7) is 1.70. The zero-order chi connectivity index (χ0) is 15.9. The predicted octanol–water partition coefficient (Wildman–Crippen LogP) is 3.09. The zero-order valence-corrected chi connectivity index (χ0v) is 13.1. The van der Waals surface area contributed by atoms with Crippen molar-refractivity contribution in [1.82, 2.24) is 9.38 Å². The first-order valence-electron chi connectivity index (χ1n) is 6.49. The van der Waals surface area contributed by atoms with Crippen molar-refractivity contribution in [2.45, 2.75) is 6.92 Å². The summed E-state index contributed by atoms with van der Waals surface area (Å²) in [7, 11) is 3.14. The number of methoxy groups -OCH3 is 2. The highest BCUT2D eigenvalue weighted by atomic mass is 32.1. The predicted molar refractivity (Wildman–Crippen MR) is 83.3 cm³/mol. The average Bonchev–Trinajstić information content (AvgIpc) is 3.03. The fraction of sp³-hybridized carbons (Fsp3) is 0.200. The molecule has 3 aromatic rings. The van der Waals surface area contributed by atoms with Gasteiger partial charge in [0.25, 0.3) is 0 Å². The van der Waals surface area contributed by atoms with E-state index >= 15 is 0 Å². The van der Waals surface area contributed by atoms with E-state index in [0.29, 0.717) is 22.2 Å². The summed E-state index contributed by atoms with van der Waals surface area (Å²) in [4.78, 5) is 16.5. The van der Waals surface area contributed by atoms with Gasteiger partial charge in [-0.3, -0.25) is 4.40 Å². The molecule has 0 fully saturated rings. The number of carboxylic acid groups (broad SMARTS) is 1. The normalized spacial score (nSPS) is 10.9. The van der Waals surface area contributed by atoms with Crippen LogP contribution in [0.15, 0.2) is 23.6 Å². The standard InChI is InChI=1S/C15H14N2O4S/c1-8-13(14(18)19)17-10(7-22-15(17)16-8)9-4-5-11(20-2)12(6-9)21-3/h4-7H,1-3H3,(H,18,19). The van der Waals surface area contributed by atoms with Gasteiger partial charge in [-0.1, -0.05) is 0 Å². The number of hydrogen-bond donors (Lipinski definition) is 1. The van der Waals surface area contributed by atoms with Crippen LogP contribution in [0.1, 0.15) is 16.2 Å². The number of nitrogens with zero attached hydrogens (tertiary/aromatic N) is 2. The van der Waals surface area contributed by atoms with Crippen LogP contribution >= 0.6 is 11.3 Å². The minimum atomic E-state index is -0.995. The number of aryl methyl sites for hydroxylation is 1. The fourth-order valence-electron chi connectivity index (χ4n) is 2.41. The number of thiazole rings is 1. The van der Waals surface area contributed by atoms with E-state index in [1.807, 2.05) is 17.5 Å². The molecule has 6 nitrogen and oxygen atoms in total. The number of aromatic nitrogens is 2. The molecule has 0 amide bonds. The molecule has 0 aliphatic rings. The molecule has 114 valence electrons. The zero-order valence-electron chi connectivity index (χ0n) is 12.3. The SMILES string of the molecule is COc1ccc(-c2csc3nc(C)c(C(=O)O)n23)cc1OC. The monoisotopic (exact) mass is 318 g/mol. The van der Waals surface area contributed by atoms with Crippen molar-refractivity contribution in [3.05, 3.63) is 35.0 Å². The summed E-state index contributed by atoms with van der Waals surface area (Å²) in [5.74, 6) is 0.219. The molecule has 0 bridgehead atoms. The highest BCUT2D eigenvalue weighted by Crippen LogP contribution is 2.35. The van der Waals surface area contributed by atoms with Crippen molar-refractivity contribution in [2.75, 3.05) is 14.2 Å². The van der Waals surface area contributed by atoms with Crippen LogP contribution in [0.25, 0.3) is 16.2 Å². The average molecular weight is 318 g/mol.